The lowest BCUT2D eigenvalue weighted by molar-refractivity contribution is 0.297. The molecule has 3 nitrogen and oxygen atoms in total. The van der Waals surface area contributed by atoms with Crippen molar-refractivity contribution in [1.82, 2.24) is 0 Å². The first-order valence-electron chi connectivity index (χ1n) is 8.37. The van der Waals surface area contributed by atoms with Gasteiger partial charge in [-0.2, -0.15) is 5.26 Å². The highest BCUT2D eigenvalue weighted by molar-refractivity contribution is 5.90. The fourth-order valence-corrected chi connectivity index (χ4v) is 2.58. The lowest BCUT2D eigenvalue weighted by Crippen LogP contribution is -2.03. The number of hydrogen-bond acceptors (Lipinski definition) is 3. The second-order valence-electron chi connectivity index (χ2n) is 5.46. The topological polar surface area (TPSA) is 42.2 Å². The summed E-state index contributed by atoms with van der Waals surface area (Å²) >= 11 is 0. The fourth-order valence-electron chi connectivity index (χ4n) is 2.58. The van der Waals surface area contributed by atoms with Crippen molar-refractivity contribution >= 4 is 11.6 Å². The molecule has 0 aliphatic carbocycles. The van der Waals surface area contributed by atoms with Gasteiger partial charge in [0, 0.05) is 5.56 Å². The van der Waals surface area contributed by atoms with E-state index in [0.717, 1.165) is 16.7 Å². The van der Waals surface area contributed by atoms with Gasteiger partial charge < -0.3 is 9.47 Å². The molecule has 0 amide bonds. The average Bonchev–Trinajstić information content (AvgIpc) is 2.66. The maximum atomic E-state index is 9.54. The third-order valence-corrected chi connectivity index (χ3v) is 3.63. The second kappa shape index (κ2) is 9.77. The van der Waals surface area contributed by atoms with Crippen LogP contribution >= 0.6 is 0 Å². The van der Waals surface area contributed by atoms with Crippen LogP contribution in [0.15, 0.2) is 55.1 Å². The van der Waals surface area contributed by atoms with E-state index in [1.54, 1.807) is 6.08 Å². The number of rotatable bonds is 8. The van der Waals surface area contributed by atoms with E-state index in [9.17, 15) is 5.26 Å². The highest BCUT2D eigenvalue weighted by Crippen LogP contribution is 2.35. The van der Waals surface area contributed by atoms with Gasteiger partial charge in [0.1, 0.15) is 6.61 Å². The Hall–Kier alpha value is -3.43. The van der Waals surface area contributed by atoms with Crippen molar-refractivity contribution < 1.29 is 9.47 Å². The van der Waals surface area contributed by atoms with Crippen molar-refractivity contribution in [2.75, 3.05) is 13.2 Å². The molecule has 0 aliphatic heterocycles. The summed E-state index contributed by atoms with van der Waals surface area (Å²) in [5.41, 5.74) is 3.22. The summed E-state index contributed by atoms with van der Waals surface area (Å²) in [6, 6.07) is 15.7. The predicted molar refractivity (Wildman–Crippen MR) is 106 cm³/mol. The molecule has 2 rings (SSSR count). The number of ether oxygens (including phenoxy) is 2. The first kappa shape index (κ1) is 18.9. The molecule has 0 aliphatic rings. The van der Waals surface area contributed by atoms with Gasteiger partial charge in [-0.1, -0.05) is 42.3 Å². The van der Waals surface area contributed by atoms with Crippen LogP contribution in [0.5, 0.6) is 11.5 Å². The third kappa shape index (κ3) is 4.79. The van der Waals surface area contributed by atoms with Crippen molar-refractivity contribution in [2.24, 2.45) is 0 Å². The van der Waals surface area contributed by atoms with E-state index in [-0.39, 0.29) is 6.61 Å². The number of terminal acetylenes is 1. The van der Waals surface area contributed by atoms with Crippen LogP contribution in [-0.4, -0.2) is 13.2 Å². The average molecular weight is 343 g/mol. The molecule has 0 fully saturated rings. The Morgan fingerprint density at radius 2 is 2.00 bits per heavy atom. The maximum Gasteiger partial charge on any atom is 0.166 e. The summed E-state index contributed by atoms with van der Waals surface area (Å²) in [5, 5.41) is 9.54. The summed E-state index contributed by atoms with van der Waals surface area (Å²) < 4.78 is 11.4. The van der Waals surface area contributed by atoms with Gasteiger partial charge >= 0.3 is 0 Å². The number of nitriles is 1. The third-order valence-electron chi connectivity index (χ3n) is 3.63. The Labute approximate surface area is 155 Å². The van der Waals surface area contributed by atoms with Crippen LogP contribution in [0.4, 0.5) is 0 Å². The maximum absolute atomic E-state index is 9.54. The molecule has 26 heavy (non-hydrogen) atoms. The van der Waals surface area contributed by atoms with Gasteiger partial charge in [0.25, 0.3) is 0 Å². The van der Waals surface area contributed by atoms with Crippen LogP contribution in [0, 0.1) is 23.7 Å². The molecular formula is C23H21NO2. The van der Waals surface area contributed by atoms with Gasteiger partial charge in [0.05, 0.1) is 18.2 Å². The van der Waals surface area contributed by atoms with Crippen molar-refractivity contribution in [3.8, 4) is 29.9 Å². The van der Waals surface area contributed by atoms with Crippen molar-refractivity contribution in [2.45, 2.75) is 13.3 Å². The molecule has 0 bridgehead atoms. The Morgan fingerprint density at radius 1 is 1.23 bits per heavy atom. The van der Waals surface area contributed by atoms with Crippen LogP contribution in [0.1, 0.15) is 23.6 Å². The summed E-state index contributed by atoms with van der Waals surface area (Å²) in [6.45, 7) is 6.37. The largest absolute Gasteiger partial charge is 0.490 e. The van der Waals surface area contributed by atoms with E-state index in [2.05, 4.69) is 18.6 Å². The van der Waals surface area contributed by atoms with Gasteiger partial charge in [-0.05, 0) is 42.7 Å². The molecule has 0 spiro atoms. The molecule has 0 saturated carbocycles. The molecule has 0 unspecified atom stereocenters. The molecule has 2 aromatic rings. The SMILES string of the molecule is C#CCOc1c(CC=C)cc(/C=C(\C#N)c2ccccc2)cc1OCC. The number of nitrogens with zero attached hydrogens (tertiary/aromatic N) is 1. The summed E-state index contributed by atoms with van der Waals surface area (Å²) in [6.07, 6.45) is 9.57. The van der Waals surface area contributed by atoms with Crippen LogP contribution in [-0.2, 0) is 6.42 Å². The van der Waals surface area contributed by atoms with Crippen LogP contribution in [0.3, 0.4) is 0 Å². The molecule has 2 aromatic carbocycles. The van der Waals surface area contributed by atoms with E-state index in [4.69, 9.17) is 15.9 Å². The van der Waals surface area contributed by atoms with Crippen LogP contribution < -0.4 is 9.47 Å². The Bertz CT molecular complexity index is 868. The first-order valence-corrected chi connectivity index (χ1v) is 8.37. The zero-order chi connectivity index (χ0) is 18.8. The highest BCUT2D eigenvalue weighted by atomic mass is 16.5. The monoisotopic (exact) mass is 343 g/mol. The van der Waals surface area contributed by atoms with Gasteiger partial charge in [-0.15, -0.1) is 13.0 Å². The zero-order valence-electron chi connectivity index (χ0n) is 14.9. The Balaban J connectivity index is 2.55. The predicted octanol–water partition coefficient (Wildman–Crippen LogP) is 4.89. The molecule has 0 heterocycles. The molecular weight excluding hydrogens is 322 g/mol. The number of allylic oxidation sites excluding steroid dienone is 2. The minimum atomic E-state index is 0.160. The molecule has 3 heteroatoms. The van der Waals surface area contributed by atoms with Crippen LogP contribution in [0.25, 0.3) is 11.6 Å². The molecule has 0 atom stereocenters. The molecule has 0 radical (unpaired) electrons. The normalized spacial score (nSPS) is 10.5. The fraction of sp³-hybridized carbons (Fsp3) is 0.174. The summed E-state index contributed by atoms with van der Waals surface area (Å²) in [7, 11) is 0. The van der Waals surface area contributed by atoms with Crippen molar-refractivity contribution in [1.29, 1.82) is 5.26 Å². The van der Waals surface area contributed by atoms with Crippen LogP contribution in [0.2, 0.25) is 0 Å². The van der Waals surface area contributed by atoms with Crippen molar-refractivity contribution in [3.05, 3.63) is 71.8 Å². The Kier molecular flexibility index (Phi) is 7.10. The van der Waals surface area contributed by atoms with Gasteiger partial charge in [0.2, 0.25) is 0 Å². The first-order chi connectivity index (χ1) is 12.7. The van der Waals surface area contributed by atoms with E-state index in [0.29, 0.717) is 30.1 Å². The summed E-state index contributed by atoms with van der Waals surface area (Å²) in [4.78, 5) is 0. The lowest BCUT2D eigenvalue weighted by Gasteiger charge is -2.15. The van der Waals surface area contributed by atoms with E-state index in [1.807, 2.05) is 55.5 Å². The second-order valence-corrected chi connectivity index (χ2v) is 5.46. The van der Waals surface area contributed by atoms with Crippen molar-refractivity contribution in [3.63, 3.8) is 0 Å². The molecule has 0 aromatic heterocycles. The Morgan fingerprint density at radius 3 is 2.62 bits per heavy atom. The van der Waals surface area contributed by atoms with E-state index >= 15 is 0 Å². The van der Waals surface area contributed by atoms with Gasteiger partial charge in [-0.25, -0.2) is 0 Å². The molecule has 0 N–H and O–H groups in total. The zero-order valence-corrected chi connectivity index (χ0v) is 14.9. The van der Waals surface area contributed by atoms with Gasteiger partial charge in [0.15, 0.2) is 11.5 Å². The number of hydrogen-bond donors (Lipinski definition) is 0. The highest BCUT2D eigenvalue weighted by Gasteiger charge is 2.13. The minimum absolute atomic E-state index is 0.160. The number of benzene rings is 2. The smallest absolute Gasteiger partial charge is 0.166 e. The van der Waals surface area contributed by atoms with Gasteiger partial charge in [-0.3, -0.25) is 0 Å². The molecule has 0 saturated heterocycles. The quantitative estimate of drug-likeness (QED) is 0.297. The lowest BCUT2D eigenvalue weighted by atomic mass is 10.0. The minimum Gasteiger partial charge on any atom is -0.490 e. The van der Waals surface area contributed by atoms with E-state index < -0.39 is 0 Å². The van der Waals surface area contributed by atoms with E-state index in [1.165, 1.54) is 0 Å². The molecule has 130 valence electrons. The summed E-state index contributed by atoms with van der Waals surface area (Å²) in [5.74, 6) is 3.71. The standard InChI is InChI=1S/C23H21NO2/c1-4-10-20-14-18(15-21(17-24)19-11-8-7-9-12-19)16-22(25-6-3)23(20)26-13-5-2/h2,4,7-9,11-12,14-16H,1,6,10,13H2,3H3/b21-15+.